The van der Waals surface area contributed by atoms with Crippen LogP contribution in [0.15, 0.2) is 36.4 Å². The molecule has 1 saturated heterocycles. The highest BCUT2D eigenvalue weighted by atomic mass is 16.6. The van der Waals surface area contributed by atoms with Crippen molar-refractivity contribution in [3.63, 3.8) is 0 Å². The smallest absolute Gasteiger partial charge is 0.414 e. The van der Waals surface area contributed by atoms with Crippen LogP contribution in [0.1, 0.15) is 0 Å². The predicted molar refractivity (Wildman–Crippen MR) is 115 cm³/mol. The minimum Gasteiger partial charge on any atom is -0.497 e. The van der Waals surface area contributed by atoms with Gasteiger partial charge in [-0.3, -0.25) is 9.69 Å². The molecular weight excluding hydrogens is 420 g/mol. The van der Waals surface area contributed by atoms with Gasteiger partial charge >= 0.3 is 6.09 Å². The molecule has 10 nitrogen and oxygen atoms in total. The Bertz CT molecular complexity index is 922. The van der Waals surface area contributed by atoms with Crippen molar-refractivity contribution in [3.05, 3.63) is 36.4 Å². The quantitative estimate of drug-likeness (QED) is 0.593. The van der Waals surface area contributed by atoms with Gasteiger partial charge in [0.15, 0.2) is 18.1 Å². The van der Waals surface area contributed by atoms with Gasteiger partial charge < -0.3 is 33.7 Å². The van der Waals surface area contributed by atoms with Crippen LogP contribution in [-0.2, 0) is 9.53 Å². The number of methoxy groups -OCH3 is 4. The van der Waals surface area contributed by atoms with Gasteiger partial charge in [-0.25, -0.2) is 4.79 Å². The molecule has 1 atom stereocenters. The second kappa shape index (κ2) is 10.5. The van der Waals surface area contributed by atoms with Gasteiger partial charge in [0, 0.05) is 12.1 Å². The Morgan fingerprint density at radius 2 is 1.62 bits per heavy atom. The number of benzene rings is 2. The number of nitrogens with zero attached hydrogens (tertiary/aromatic N) is 1. The first-order valence-corrected chi connectivity index (χ1v) is 9.80. The first kappa shape index (κ1) is 22.9. The molecule has 1 fully saturated rings. The van der Waals surface area contributed by atoms with Crippen molar-refractivity contribution < 1.29 is 38.0 Å². The first-order valence-electron chi connectivity index (χ1n) is 9.80. The summed E-state index contributed by atoms with van der Waals surface area (Å²) in [5, 5.41) is 2.71. The van der Waals surface area contributed by atoms with Crippen LogP contribution in [0.4, 0.5) is 10.5 Å². The van der Waals surface area contributed by atoms with Gasteiger partial charge in [0.05, 0.1) is 47.2 Å². The summed E-state index contributed by atoms with van der Waals surface area (Å²) in [7, 11) is 6.06. The molecule has 172 valence electrons. The van der Waals surface area contributed by atoms with Crippen molar-refractivity contribution >= 4 is 17.7 Å². The fourth-order valence-corrected chi connectivity index (χ4v) is 3.16. The summed E-state index contributed by atoms with van der Waals surface area (Å²) in [6, 6.07) is 10.2. The van der Waals surface area contributed by atoms with Crippen molar-refractivity contribution in [2.24, 2.45) is 0 Å². The minimum atomic E-state index is -0.534. The van der Waals surface area contributed by atoms with Crippen LogP contribution in [0, 0.1) is 0 Å². The lowest BCUT2D eigenvalue weighted by atomic mass is 10.2. The number of nitrogens with one attached hydrogen (secondary N) is 1. The van der Waals surface area contributed by atoms with E-state index in [4.69, 9.17) is 28.4 Å². The molecule has 1 heterocycles. The number of carbonyl (C=O) groups excluding carboxylic acids is 2. The summed E-state index contributed by atoms with van der Waals surface area (Å²) < 4.78 is 31.9. The number of amides is 2. The lowest BCUT2D eigenvalue weighted by molar-refractivity contribution is -0.123. The maximum Gasteiger partial charge on any atom is 0.414 e. The van der Waals surface area contributed by atoms with E-state index in [0.29, 0.717) is 34.4 Å². The Morgan fingerprint density at radius 1 is 1.00 bits per heavy atom. The number of anilines is 1. The van der Waals surface area contributed by atoms with Gasteiger partial charge in [0.1, 0.15) is 17.6 Å². The van der Waals surface area contributed by atoms with Crippen LogP contribution in [0.3, 0.4) is 0 Å². The van der Waals surface area contributed by atoms with Crippen LogP contribution in [0.25, 0.3) is 0 Å². The largest absolute Gasteiger partial charge is 0.497 e. The molecule has 0 aliphatic carbocycles. The fourth-order valence-electron chi connectivity index (χ4n) is 3.16. The van der Waals surface area contributed by atoms with Gasteiger partial charge in [-0.05, 0) is 24.3 Å². The Morgan fingerprint density at radius 3 is 2.19 bits per heavy atom. The monoisotopic (exact) mass is 446 g/mol. The molecule has 2 aromatic rings. The molecule has 0 aromatic heterocycles. The number of cyclic esters (lactones) is 1. The lowest BCUT2D eigenvalue weighted by Crippen LogP contribution is -2.37. The van der Waals surface area contributed by atoms with Crippen molar-refractivity contribution in [1.29, 1.82) is 0 Å². The van der Waals surface area contributed by atoms with E-state index >= 15 is 0 Å². The standard InChI is InChI=1S/C22H26N2O8/c1-27-15-5-7-16(8-6-15)31-13-20(25)23-11-17-12-24(22(26)32-17)14-9-18(28-2)21(30-4)19(10-14)29-3/h5-10,17H,11-13H2,1-4H3,(H,23,25)/t17-/m0/s1. The zero-order valence-corrected chi connectivity index (χ0v) is 18.4. The second-order valence-electron chi connectivity index (χ2n) is 6.77. The lowest BCUT2D eigenvalue weighted by Gasteiger charge is -2.18. The zero-order valence-electron chi connectivity index (χ0n) is 18.4. The highest BCUT2D eigenvalue weighted by Crippen LogP contribution is 2.41. The normalized spacial score (nSPS) is 15.1. The summed E-state index contributed by atoms with van der Waals surface area (Å²) in [5.41, 5.74) is 0.529. The average molecular weight is 446 g/mol. The Kier molecular flexibility index (Phi) is 7.48. The second-order valence-corrected chi connectivity index (χ2v) is 6.77. The maximum absolute atomic E-state index is 12.4. The molecule has 2 amide bonds. The molecule has 0 spiro atoms. The number of rotatable bonds is 10. The van der Waals surface area contributed by atoms with Gasteiger partial charge in [0.2, 0.25) is 5.75 Å². The SMILES string of the molecule is COc1ccc(OCC(=O)NC[C@H]2CN(c3cc(OC)c(OC)c(OC)c3)C(=O)O2)cc1. The van der Waals surface area contributed by atoms with E-state index in [1.54, 1.807) is 43.5 Å². The molecule has 2 aromatic carbocycles. The average Bonchev–Trinajstić information content (AvgIpc) is 3.21. The van der Waals surface area contributed by atoms with E-state index in [0.717, 1.165) is 0 Å². The first-order chi connectivity index (χ1) is 15.5. The van der Waals surface area contributed by atoms with Crippen LogP contribution >= 0.6 is 0 Å². The van der Waals surface area contributed by atoms with Crippen molar-refractivity contribution in [2.75, 3.05) is 53.0 Å². The van der Waals surface area contributed by atoms with Gasteiger partial charge in [-0.2, -0.15) is 0 Å². The third kappa shape index (κ3) is 5.26. The van der Waals surface area contributed by atoms with E-state index in [9.17, 15) is 9.59 Å². The van der Waals surface area contributed by atoms with E-state index in [1.807, 2.05) is 0 Å². The zero-order chi connectivity index (χ0) is 23.1. The van der Waals surface area contributed by atoms with E-state index in [1.165, 1.54) is 26.2 Å². The molecule has 1 aliphatic heterocycles. The molecule has 1 N–H and O–H groups in total. The topological polar surface area (TPSA) is 105 Å². The third-order valence-electron chi connectivity index (χ3n) is 4.79. The van der Waals surface area contributed by atoms with Crippen molar-refractivity contribution in [3.8, 4) is 28.7 Å². The third-order valence-corrected chi connectivity index (χ3v) is 4.79. The number of hydrogen-bond donors (Lipinski definition) is 1. The van der Waals surface area contributed by atoms with Gasteiger partial charge in [-0.15, -0.1) is 0 Å². The van der Waals surface area contributed by atoms with Gasteiger partial charge in [-0.1, -0.05) is 0 Å². The maximum atomic E-state index is 12.4. The molecule has 0 bridgehead atoms. The van der Waals surface area contributed by atoms with Gasteiger partial charge in [0.25, 0.3) is 5.91 Å². The summed E-state index contributed by atoms with van der Waals surface area (Å²) in [4.78, 5) is 25.9. The fraction of sp³-hybridized carbons (Fsp3) is 0.364. The molecule has 1 aliphatic rings. The summed E-state index contributed by atoms with van der Waals surface area (Å²) in [5.74, 6) is 2.17. The molecule has 0 unspecified atom stereocenters. The highest BCUT2D eigenvalue weighted by Gasteiger charge is 2.33. The highest BCUT2D eigenvalue weighted by molar-refractivity contribution is 5.91. The van der Waals surface area contributed by atoms with Crippen molar-refractivity contribution in [2.45, 2.75) is 6.10 Å². The van der Waals surface area contributed by atoms with Crippen LogP contribution in [-0.4, -0.2) is 66.2 Å². The number of ether oxygens (including phenoxy) is 6. The summed E-state index contributed by atoms with van der Waals surface area (Å²) in [6.45, 7) is 0.234. The number of carbonyl (C=O) groups is 2. The van der Waals surface area contributed by atoms with Crippen LogP contribution in [0.2, 0.25) is 0 Å². The van der Waals surface area contributed by atoms with E-state index in [-0.39, 0.29) is 25.6 Å². The summed E-state index contributed by atoms with van der Waals surface area (Å²) in [6.07, 6.45) is -1.06. The molecule has 0 saturated carbocycles. The van der Waals surface area contributed by atoms with Crippen LogP contribution in [0.5, 0.6) is 28.7 Å². The Balaban J connectivity index is 1.54. The van der Waals surface area contributed by atoms with Crippen molar-refractivity contribution in [1.82, 2.24) is 5.32 Å². The molecule has 0 radical (unpaired) electrons. The Labute approximate surface area is 185 Å². The molecule has 32 heavy (non-hydrogen) atoms. The predicted octanol–water partition coefficient (Wildman–Crippen LogP) is 2.24. The minimum absolute atomic E-state index is 0.150. The molecule has 3 rings (SSSR count). The Hall–Kier alpha value is -3.82. The molecular formula is C22H26N2O8. The van der Waals surface area contributed by atoms with Crippen LogP contribution < -0.4 is 33.9 Å². The van der Waals surface area contributed by atoms with E-state index in [2.05, 4.69) is 5.32 Å². The molecule has 10 heteroatoms. The van der Waals surface area contributed by atoms with E-state index < -0.39 is 12.2 Å². The number of hydrogen-bond acceptors (Lipinski definition) is 8. The summed E-state index contributed by atoms with van der Waals surface area (Å²) >= 11 is 0.